The highest BCUT2D eigenvalue weighted by molar-refractivity contribution is 7.89. The van der Waals surface area contributed by atoms with E-state index in [2.05, 4.69) is 10.3 Å². The predicted molar refractivity (Wildman–Crippen MR) is 82.5 cm³/mol. The van der Waals surface area contributed by atoms with Crippen LogP contribution in [-0.2, 0) is 10.0 Å². The Hall–Kier alpha value is -1.02. The summed E-state index contributed by atoms with van der Waals surface area (Å²) in [6.45, 7) is 1.84. The lowest BCUT2D eigenvalue weighted by Gasteiger charge is -2.16. The van der Waals surface area contributed by atoms with Crippen molar-refractivity contribution >= 4 is 39.2 Å². The minimum absolute atomic E-state index is 0.00125. The number of nitrogens with two attached hydrogens (primary N) is 2. The molecule has 0 heterocycles. The van der Waals surface area contributed by atoms with Crippen LogP contribution < -0.4 is 16.2 Å². The first-order valence-electron chi connectivity index (χ1n) is 5.71. The number of primary sulfonamides is 1. The molecule has 112 valence electrons. The molecule has 1 atom stereocenters. The van der Waals surface area contributed by atoms with Crippen molar-refractivity contribution in [3.05, 3.63) is 33.8 Å². The summed E-state index contributed by atoms with van der Waals surface area (Å²) in [7, 11) is -3.54. The van der Waals surface area contributed by atoms with Gasteiger partial charge in [0.15, 0.2) is 5.96 Å². The van der Waals surface area contributed by atoms with Gasteiger partial charge < -0.3 is 11.1 Å². The largest absolute Gasteiger partial charge is 0.370 e. The van der Waals surface area contributed by atoms with E-state index in [0.29, 0.717) is 10.0 Å². The van der Waals surface area contributed by atoms with Gasteiger partial charge in [0.2, 0.25) is 10.0 Å². The monoisotopic (exact) mass is 338 g/mol. The smallest absolute Gasteiger partial charge is 0.210 e. The maximum absolute atomic E-state index is 10.8. The molecule has 0 amide bonds. The average molecular weight is 339 g/mol. The van der Waals surface area contributed by atoms with E-state index in [1.165, 1.54) is 0 Å². The third-order valence-electron chi connectivity index (χ3n) is 2.45. The van der Waals surface area contributed by atoms with E-state index in [4.69, 9.17) is 34.1 Å². The summed E-state index contributed by atoms with van der Waals surface area (Å²) < 4.78 is 21.5. The summed E-state index contributed by atoms with van der Waals surface area (Å²) in [4.78, 5) is 3.88. The van der Waals surface area contributed by atoms with Gasteiger partial charge in [-0.25, -0.2) is 13.6 Å². The number of hydrogen-bond acceptors (Lipinski definition) is 3. The Bertz CT molecular complexity index is 604. The number of hydrogen-bond donors (Lipinski definition) is 3. The summed E-state index contributed by atoms with van der Waals surface area (Å²) in [5.74, 6) is -0.141. The molecule has 0 aliphatic rings. The fraction of sp³-hybridized carbons (Fsp3) is 0.364. The highest BCUT2D eigenvalue weighted by Crippen LogP contribution is 2.25. The molecule has 0 bridgehead atoms. The molecular formula is C11H16Cl2N4O2S. The highest BCUT2D eigenvalue weighted by Gasteiger charge is 2.10. The molecule has 0 radical (unpaired) electrons. The van der Waals surface area contributed by atoms with Crippen molar-refractivity contribution in [1.82, 2.24) is 5.32 Å². The zero-order valence-electron chi connectivity index (χ0n) is 10.8. The van der Waals surface area contributed by atoms with Gasteiger partial charge in [-0.1, -0.05) is 29.3 Å². The van der Waals surface area contributed by atoms with Crippen molar-refractivity contribution in [2.24, 2.45) is 15.9 Å². The van der Waals surface area contributed by atoms with E-state index < -0.39 is 10.0 Å². The molecule has 20 heavy (non-hydrogen) atoms. The van der Waals surface area contributed by atoms with E-state index in [-0.39, 0.29) is 24.3 Å². The maximum Gasteiger partial charge on any atom is 0.210 e. The standard InChI is InChI=1S/C11H16Cl2N4O2S/c1-7(9-3-2-8(12)6-10(9)13)17-11(14)16-4-5-20(15,18)19/h2-3,6-7H,4-5H2,1H3,(H3,14,16,17)(H2,15,18,19). The van der Waals surface area contributed by atoms with Gasteiger partial charge in [-0.2, -0.15) is 0 Å². The summed E-state index contributed by atoms with van der Waals surface area (Å²) in [5, 5.41) is 8.82. The molecule has 1 aromatic carbocycles. The van der Waals surface area contributed by atoms with Crippen LogP contribution in [0, 0.1) is 0 Å². The molecule has 0 aliphatic carbocycles. The molecular weight excluding hydrogens is 323 g/mol. The molecule has 6 nitrogen and oxygen atoms in total. The normalized spacial score (nSPS) is 14.1. The van der Waals surface area contributed by atoms with Gasteiger partial charge in [0.25, 0.3) is 0 Å². The van der Waals surface area contributed by atoms with Gasteiger partial charge in [-0.05, 0) is 24.6 Å². The van der Waals surface area contributed by atoms with Crippen LogP contribution in [0.3, 0.4) is 0 Å². The minimum atomic E-state index is -3.54. The average Bonchev–Trinajstić information content (AvgIpc) is 2.26. The van der Waals surface area contributed by atoms with Crippen molar-refractivity contribution in [3.63, 3.8) is 0 Å². The number of aliphatic imine (C=N–C) groups is 1. The lowest BCUT2D eigenvalue weighted by atomic mass is 10.1. The summed E-state index contributed by atoms with van der Waals surface area (Å²) >= 11 is 11.9. The number of nitrogens with zero attached hydrogens (tertiary/aromatic N) is 1. The molecule has 1 rings (SSSR count). The number of nitrogens with one attached hydrogen (secondary N) is 1. The Kier molecular flexibility index (Phi) is 6.07. The first kappa shape index (κ1) is 17.0. The number of rotatable bonds is 5. The lowest BCUT2D eigenvalue weighted by molar-refractivity contribution is 0.597. The summed E-state index contributed by atoms with van der Waals surface area (Å²) in [5.41, 5.74) is 6.46. The zero-order valence-corrected chi connectivity index (χ0v) is 13.1. The molecule has 0 aliphatic heterocycles. The Labute approximate surface area is 128 Å². The van der Waals surface area contributed by atoms with Gasteiger partial charge in [0.1, 0.15) is 0 Å². The molecule has 0 fully saturated rings. The Morgan fingerprint density at radius 2 is 2.10 bits per heavy atom. The third-order valence-corrected chi connectivity index (χ3v) is 3.77. The van der Waals surface area contributed by atoms with Gasteiger partial charge >= 0.3 is 0 Å². The predicted octanol–water partition coefficient (Wildman–Crippen LogP) is 1.25. The fourth-order valence-electron chi connectivity index (χ4n) is 1.49. The lowest BCUT2D eigenvalue weighted by Crippen LogP contribution is -2.34. The van der Waals surface area contributed by atoms with E-state index in [0.717, 1.165) is 5.56 Å². The summed E-state index contributed by atoms with van der Waals surface area (Å²) in [6, 6.07) is 4.93. The van der Waals surface area contributed by atoms with E-state index in [1.54, 1.807) is 18.2 Å². The van der Waals surface area contributed by atoms with E-state index >= 15 is 0 Å². The van der Waals surface area contributed by atoms with Crippen LogP contribution in [0.5, 0.6) is 0 Å². The number of halogens is 2. The van der Waals surface area contributed by atoms with Crippen LogP contribution in [0.4, 0.5) is 0 Å². The Morgan fingerprint density at radius 3 is 2.65 bits per heavy atom. The van der Waals surface area contributed by atoms with Crippen molar-refractivity contribution in [2.75, 3.05) is 12.3 Å². The number of guanidine groups is 1. The molecule has 0 spiro atoms. The fourth-order valence-corrected chi connectivity index (χ4v) is 2.41. The molecule has 1 unspecified atom stereocenters. The quantitative estimate of drug-likeness (QED) is 0.554. The van der Waals surface area contributed by atoms with Crippen LogP contribution in [0.25, 0.3) is 0 Å². The second kappa shape index (κ2) is 7.12. The first-order valence-corrected chi connectivity index (χ1v) is 8.18. The second-order valence-corrected chi connectivity index (χ2v) is 6.74. The molecule has 0 aromatic heterocycles. The van der Waals surface area contributed by atoms with E-state index in [1.807, 2.05) is 6.92 Å². The number of benzene rings is 1. The minimum Gasteiger partial charge on any atom is -0.370 e. The van der Waals surface area contributed by atoms with Crippen molar-refractivity contribution < 1.29 is 8.42 Å². The van der Waals surface area contributed by atoms with Crippen molar-refractivity contribution in [2.45, 2.75) is 13.0 Å². The molecule has 1 aromatic rings. The van der Waals surface area contributed by atoms with E-state index in [9.17, 15) is 8.42 Å². The Balaban J connectivity index is 2.65. The number of sulfonamides is 1. The molecule has 9 heteroatoms. The molecule has 0 saturated carbocycles. The second-order valence-electron chi connectivity index (χ2n) is 4.17. The van der Waals surface area contributed by atoms with Crippen LogP contribution >= 0.6 is 23.2 Å². The maximum atomic E-state index is 10.8. The Morgan fingerprint density at radius 1 is 1.45 bits per heavy atom. The van der Waals surface area contributed by atoms with Crippen LogP contribution in [0.2, 0.25) is 10.0 Å². The van der Waals surface area contributed by atoms with Gasteiger partial charge in [0.05, 0.1) is 18.3 Å². The molecule has 5 N–H and O–H groups in total. The van der Waals surface area contributed by atoms with Crippen LogP contribution in [-0.4, -0.2) is 26.7 Å². The topological polar surface area (TPSA) is 111 Å². The SMILES string of the molecule is CC(NC(N)=NCCS(N)(=O)=O)c1ccc(Cl)cc1Cl. The van der Waals surface area contributed by atoms with Gasteiger partial charge in [-0.3, -0.25) is 4.99 Å². The van der Waals surface area contributed by atoms with Crippen molar-refractivity contribution in [1.29, 1.82) is 0 Å². The van der Waals surface area contributed by atoms with Gasteiger partial charge in [0, 0.05) is 10.0 Å². The van der Waals surface area contributed by atoms with Gasteiger partial charge in [-0.15, -0.1) is 0 Å². The van der Waals surface area contributed by atoms with Crippen molar-refractivity contribution in [3.8, 4) is 0 Å². The highest BCUT2D eigenvalue weighted by atomic mass is 35.5. The zero-order chi connectivity index (χ0) is 15.3. The first-order chi connectivity index (χ1) is 9.19. The van der Waals surface area contributed by atoms with Crippen LogP contribution in [0.1, 0.15) is 18.5 Å². The van der Waals surface area contributed by atoms with Crippen LogP contribution in [0.15, 0.2) is 23.2 Å². The molecule has 0 saturated heterocycles. The third kappa shape index (κ3) is 5.96. The summed E-state index contributed by atoms with van der Waals surface area (Å²) in [6.07, 6.45) is 0.